The van der Waals surface area contributed by atoms with Gasteiger partial charge in [-0.1, -0.05) is 0 Å². The highest BCUT2D eigenvalue weighted by atomic mass is 19.2. The van der Waals surface area contributed by atoms with Gasteiger partial charge in [-0.05, 0) is 0 Å². The third kappa shape index (κ3) is 3.11. The van der Waals surface area contributed by atoms with Crippen LogP contribution in [0.3, 0.4) is 0 Å². The number of hydrogen-bond acceptors (Lipinski definition) is 3. The molecule has 0 atom stereocenters. The first-order chi connectivity index (χ1) is 9.47. The molecule has 0 radical (unpaired) electrons. The van der Waals surface area contributed by atoms with Crippen molar-refractivity contribution in [3.63, 3.8) is 0 Å². The van der Waals surface area contributed by atoms with Gasteiger partial charge in [0.1, 0.15) is 0 Å². The molecular formula is C13H13F2N3O2. The van der Waals surface area contributed by atoms with E-state index < -0.39 is 17.4 Å². The largest absolute Gasteiger partial charge is 0.505 e. The van der Waals surface area contributed by atoms with Crippen LogP contribution in [0.25, 0.3) is 5.69 Å². The van der Waals surface area contributed by atoms with Gasteiger partial charge in [0.05, 0.1) is 17.7 Å². The second kappa shape index (κ2) is 5.68. The van der Waals surface area contributed by atoms with Gasteiger partial charge in [-0.2, -0.15) is 4.39 Å². The molecular weight excluding hydrogens is 268 g/mol. The molecule has 1 heterocycles. The van der Waals surface area contributed by atoms with Gasteiger partial charge in [0, 0.05) is 38.2 Å². The Hall–Kier alpha value is -2.44. The van der Waals surface area contributed by atoms with E-state index in [0.717, 1.165) is 12.1 Å². The monoisotopic (exact) mass is 281 g/mol. The van der Waals surface area contributed by atoms with Crippen molar-refractivity contribution in [1.82, 2.24) is 14.9 Å². The molecule has 0 saturated heterocycles. The van der Waals surface area contributed by atoms with Gasteiger partial charge in [0.2, 0.25) is 5.91 Å². The molecule has 7 heteroatoms. The van der Waals surface area contributed by atoms with E-state index in [1.54, 1.807) is 6.20 Å². The van der Waals surface area contributed by atoms with Gasteiger partial charge >= 0.3 is 0 Å². The van der Waals surface area contributed by atoms with Gasteiger partial charge in [-0.15, -0.1) is 0 Å². The van der Waals surface area contributed by atoms with Gasteiger partial charge in [-0.3, -0.25) is 4.79 Å². The van der Waals surface area contributed by atoms with Crippen molar-refractivity contribution < 1.29 is 18.7 Å². The summed E-state index contributed by atoms with van der Waals surface area (Å²) in [4.78, 5) is 14.8. The van der Waals surface area contributed by atoms with Gasteiger partial charge in [0.25, 0.3) is 0 Å². The number of halogens is 2. The number of benzene rings is 1. The van der Waals surface area contributed by atoms with Crippen molar-refractivity contribution in [2.45, 2.75) is 13.3 Å². The zero-order valence-electron chi connectivity index (χ0n) is 10.7. The predicted molar refractivity (Wildman–Crippen MR) is 67.5 cm³/mol. The number of rotatable bonds is 4. The summed E-state index contributed by atoms with van der Waals surface area (Å²) in [6.45, 7) is 1.86. The van der Waals surface area contributed by atoms with Crippen molar-refractivity contribution in [1.29, 1.82) is 0 Å². The van der Waals surface area contributed by atoms with Crippen LogP contribution in [0.1, 0.15) is 12.6 Å². The standard InChI is InChI=1S/C13H13F2N3O2/c1-8(19)16-3-2-9-6-18(7-17-9)10-4-11(14)13(15)12(20)5-10/h4-7,20H,2-3H2,1H3,(H,16,19). The lowest BCUT2D eigenvalue weighted by Gasteiger charge is -2.04. The number of imidazole rings is 1. The summed E-state index contributed by atoms with van der Waals surface area (Å²) < 4.78 is 27.7. The average molecular weight is 281 g/mol. The molecule has 20 heavy (non-hydrogen) atoms. The van der Waals surface area contributed by atoms with Crippen molar-refractivity contribution in [2.24, 2.45) is 0 Å². The first kappa shape index (κ1) is 14.0. The molecule has 0 aliphatic rings. The van der Waals surface area contributed by atoms with Gasteiger partial charge in [-0.25, -0.2) is 9.37 Å². The van der Waals surface area contributed by atoms with E-state index in [0.29, 0.717) is 18.7 Å². The summed E-state index contributed by atoms with van der Waals surface area (Å²) in [5.74, 6) is -3.29. The molecule has 106 valence electrons. The molecule has 2 rings (SSSR count). The zero-order valence-corrected chi connectivity index (χ0v) is 10.7. The maximum Gasteiger partial charge on any atom is 0.216 e. The lowest BCUT2D eigenvalue weighted by molar-refractivity contribution is -0.118. The summed E-state index contributed by atoms with van der Waals surface area (Å²) in [5.41, 5.74) is 0.947. The number of nitrogens with one attached hydrogen (secondary N) is 1. The summed E-state index contributed by atoms with van der Waals surface area (Å²) in [6.07, 6.45) is 3.56. The quantitative estimate of drug-likeness (QED) is 0.893. The van der Waals surface area contributed by atoms with E-state index in [1.165, 1.54) is 17.8 Å². The van der Waals surface area contributed by atoms with Crippen molar-refractivity contribution in [2.75, 3.05) is 6.54 Å². The van der Waals surface area contributed by atoms with E-state index >= 15 is 0 Å². The average Bonchev–Trinajstić information content (AvgIpc) is 2.83. The molecule has 0 bridgehead atoms. The summed E-state index contributed by atoms with van der Waals surface area (Å²) in [6, 6.07) is 2.08. The van der Waals surface area contributed by atoms with Gasteiger partial charge in [0.15, 0.2) is 17.4 Å². The normalized spacial score (nSPS) is 10.6. The van der Waals surface area contributed by atoms with Crippen LogP contribution in [0, 0.1) is 11.6 Å². The highest BCUT2D eigenvalue weighted by Crippen LogP contribution is 2.23. The van der Waals surface area contributed by atoms with E-state index in [1.807, 2.05) is 0 Å². The Bertz CT molecular complexity index is 617. The van der Waals surface area contributed by atoms with E-state index in [2.05, 4.69) is 10.3 Å². The number of nitrogens with zero attached hydrogens (tertiary/aromatic N) is 2. The number of phenolic OH excluding ortho intramolecular Hbond substituents is 1. The molecule has 1 aromatic heterocycles. The van der Waals surface area contributed by atoms with Crippen molar-refractivity contribution >= 4 is 5.91 Å². The number of hydrogen-bond donors (Lipinski definition) is 2. The second-order valence-corrected chi connectivity index (χ2v) is 4.27. The molecule has 0 saturated carbocycles. The fourth-order valence-corrected chi connectivity index (χ4v) is 1.71. The Morgan fingerprint density at radius 2 is 2.20 bits per heavy atom. The van der Waals surface area contributed by atoms with Crippen molar-refractivity contribution in [3.05, 3.63) is 42.0 Å². The third-order valence-corrected chi connectivity index (χ3v) is 2.68. The first-order valence-electron chi connectivity index (χ1n) is 5.93. The van der Waals surface area contributed by atoms with E-state index in [-0.39, 0.29) is 11.6 Å². The van der Waals surface area contributed by atoms with Crippen LogP contribution in [-0.2, 0) is 11.2 Å². The minimum Gasteiger partial charge on any atom is -0.505 e. The van der Waals surface area contributed by atoms with Crippen LogP contribution in [0.5, 0.6) is 5.75 Å². The van der Waals surface area contributed by atoms with Crippen LogP contribution < -0.4 is 5.32 Å². The zero-order chi connectivity index (χ0) is 14.7. The Morgan fingerprint density at radius 3 is 2.85 bits per heavy atom. The number of amides is 1. The lowest BCUT2D eigenvalue weighted by Crippen LogP contribution is -2.22. The molecule has 0 spiro atoms. The highest BCUT2D eigenvalue weighted by molar-refractivity contribution is 5.72. The highest BCUT2D eigenvalue weighted by Gasteiger charge is 2.11. The molecule has 1 amide bonds. The first-order valence-corrected chi connectivity index (χ1v) is 5.93. The second-order valence-electron chi connectivity index (χ2n) is 4.27. The minimum absolute atomic E-state index is 0.130. The van der Waals surface area contributed by atoms with Crippen LogP contribution in [-0.4, -0.2) is 27.1 Å². The van der Waals surface area contributed by atoms with Crippen molar-refractivity contribution in [3.8, 4) is 11.4 Å². The number of aromatic nitrogens is 2. The third-order valence-electron chi connectivity index (χ3n) is 2.68. The Kier molecular flexibility index (Phi) is 3.97. The number of aromatic hydroxyl groups is 1. The van der Waals surface area contributed by atoms with Gasteiger partial charge < -0.3 is 15.0 Å². The Labute approximate surface area is 113 Å². The maximum atomic E-state index is 13.2. The molecule has 0 fully saturated rings. The predicted octanol–water partition coefficient (Wildman–Crippen LogP) is 1.53. The number of phenols is 1. The van der Waals surface area contributed by atoms with Crippen LogP contribution >= 0.6 is 0 Å². The topological polar surface area (TPSA) is 67.2 Å². The molecule has 2 aromatic rings. The Morgan fingerprint density at radius 1 is 1.45 bits per heavy atom. The van der Waals surface area contributed by atoms with E-state index in [9.17, 15) is 18.7 Å². The van der Waals surface area contributed by atoms with Crippen LogP contribution in [0.2, 0.25) is 0 Å². The molecule has 0 aliphatic carbocycles. The Balaban J connectivity index is 2.14. The summed E-state index contributed by atoms with van der Waals surface area (Å²) >= 11 is 0. The maximum absolute atomic E-state index is 13.2. The fourth-order valence-electron chi connectivity index (χ4n) is 1.71. The SMILES string of the molecule is CC(=O)NCCc1cn(-c2cc(O)c(F)c(F)c2)cn1. The molecule has 2 N–H and O–H groups in total. The summed E-state index contributed by atoms with van der Waals surface area (Å²) in [5, 5.41) is 11.9. The fraction of sp³-hybridized carbons (Fsp3) is 0.231. The molecule has 5 nitrogen and oxygen atoms in total. The van der Waals surface area contributed by atoms with Crippen LogP contribution in [0.4, 0.5) is 8.78 Å². The van der Waals surface area contributed by atoms with E-state index in [4.69, 9.17) is 0 Å². The minimum atomic E-state index is -1.28. The molecule has 0 unspecified atom stereocenters. The molecule has 1 aromatic carbocycles. The summed E-state index contributed by atoms with van der Waals surface area (Å²) in [7, 11) is 0. The number of carbonyl (C=O) groups is 1. The smallest absolute Gasteiger partial charge is 0.216 e. The van der Waals surface area contributed by atoms with Crippen LogP contribution in [0.15, 0.2) is 24.7 Å². The molecule has 0 aliphatic heterocycles. The lowest BCUT2D eigenvalue weighted by atomic mass is 10.2. The number of carbonyl (C=O) groups excluding carboxylic acids is 1.